The standard InChI is InChI=1S/C14H24N4/c1-12(2)16-11-13-7-8-15-14(17-13)18-9-5-3-4-6-10-18/h7-8,12,16H,3-6,9-11H2,1-2H3. The van der Waals surface area contributed by atoms with Gasteiger partial charge in [0.15, 0.2) is 0 Å². The Morgan fingerprint density at radius 1 is 1.22 bits per heavy atom. The Hall–Kier alpha value is -1.16. The molecule has 0 amide bonds. The fourth-order valence-electron chi connectivity index (χ4n) is 2.21. The number of hydrogen-bond acceptors (Lipinski definition) is 4. The summed E-state index contributed by atoms with van der Waals surface area (Å²) in [6.07, 6.45) is 7.08. The lowest BCUT2D eigenvalue weighted by Gasteiger charge is -2.20. The molecule has 2 heterocycles. The summed E-state index contributed by atoms with van der Waals surface area (Å²) in [5.41, 5.74) is 1.08. The molecule has 1 fully saturated rings. The van der Waals surface area contributed by atoms with Crippen molar-refractivity contribution in [3.05, 3.63) is 18.0 Å². The second kappa shape index (κ2) is 6.69. The topological polar surface area (TPSA) is 41.1 Å². The van der Waals surface area contributed by atoms with Crippen LogP contribution in [0.2, 0.25) is 0 Å². The van der Waals surface area contributed by atoms with Crippen molar-refractivity contribution in [1.29, 1.82) is 0 Å². The molecule has 0 saturated carbocycles. The second-order valence-electron chi connectivity index (χ2n) is 5.28. The van der Waals surface area contributed by atoms with Crippen LogP contribution in [0.5, 0.6) is 0 Å². The highest BCUT2D eigenvalue weighted by atomic mass is 15.2. The summed E-state index contributed by atoms with van der Waals surface area (Å²) in [7, 11) is 0. The maximum Gasteiger partial charge on any atom is 0.225 e. The fraction of sp³-hybridized carbons (Fsp3) is 0.714. The van der Waals surface area contributed by atoms with Crippen LogP contribution in [-0.2, 0) is 6.54 Å². The van der Waals surface area contributed by atoms with E-state index in [1.54, 1.807) is 0 Å². The molecule has 1 aromatic heterocycles. The highest BCUT2D eigenvalue weighted by Crippen LogP contribution is 2.15. The normalized spacial score (nSPS) is 16.9. The minimum absolute atomic E-state index is 0.488. The van der Waals surface area contributed by atoms with Crippen LogP contribution in [0.1, 0.15) is 45.2 Å². The Balaban J connectivity index is 2.01. The van der Waals surface area contributed by atoms with Gasteiger partial charge >= 0.3 is 0 Å². The lowest BCUT2D eigenvalue weighted by molar-refractivity contribution is 0.580. The van der Waals surface area contributed by atoms with Crippen LogP contribution in [0.25, 0.3) is 0 Å². The highest BCUT2D eigenvalue weighted by molar-refractivity contribution is 5.30. The average Bonchev–Trinajstić information content (AvgIpc) is 2.65. The summed E-state index contributed by atoms with van der Waals surface area (Å²) in [6.45, 7) is 7.32. The van der Waals surface area contributed by atoms with Crippen LogP contribution in [-0.4, -0.2) is 29.1 Å². The van der Waals surface area contributed by atoms with Crippen LogP contribution >= 0.6 is 0 Å². The molecular formula is C14H24N4. The molecule has 0 bridgehead atoms. The molecule has 2 rings (SSSR count). The number of rotatable bonds is 4. The van der Waals surface area contributed by atoms with Crippen molar-refractivity contribution < 1.29 is 0 Å². The first-order valence-electron chi connectivity index (χ1n) is 7.06. The Labute approximate surface area is 110 Å². The van der Waals surface area contributed by atoms with E-state index in [1.807, 2.05) is 12.3 Å². The molecule has 0 atom stereocenters. The van der Waals surface area contributed by atoms with Gasteiger partial charge in [-0.05, 0) is 18.9 Å². The molecule has 1 aliphatic rings. The summed E-state index contributed by atoms with van der Waals surface area (Å²) in [6, 6.07) is 2.48. The third-order valence-corrected chi connectivity index (χ3v) is 3.28. The van der Waals surface area contributed by atoms with Crippen molar-refractivity contribution in [3.8, 4) is 0 Å². The van der Waals surface area contributed by atoms with Gasteiger partial charge in [0.05, 0.1) is 5.69 Å². The number of hydrogen-bond donors (Lipinski definition) is 1. The summed E-state index contributed by atoms with van der Waals surface area (Å²) in [4.78, 5) is 11.4. The van der Waals surface area contributed by atoms with E-state index in [9.17, 15) is 0 Å². The number of aromatic nitrogens is 2. The lowest BCUT2D eigenvalue weighted by atomic mass is 10.2. The number of nitrogens with zero attached hydrogens (tertiary/aromatic N) is 3. The first-order valence-corrected chi connectivity index (χ1v) is 7.06. The molecule has 18 heavy (non-hydrogen) atoms. The predicted molar refractivity (Wildman–Crippen MR) is 74.7 cm³/mol. The molecule has 1 N–H and O–H groups in total. The van der Waals surface area contributed by atoms with E-state index in [-0.39, 0.29) is 0 Å². The van der Waals surface area contributed by atoms with Crippen molar-refractivity contribution in [2.75, 3.05) is 18.0 Å². The summed E-state index contributed by atoms with van der Waals surface area (Å²) < 4.78 is 0. The van der Waals surface area contributed by atoms with Crippen LogP contribution in [0, 0.1) is 0 Å². The molecular weight excluding hydrogens is 224 g/mol. The molecule has 0 spiro atoms. The van der Waals surface area contributed by atoms with Crippen LogP contribution in [0.15, 0.2) is 12.3 Å². The molecule has 0 aromatic carbocycles. The van der Waals surface area contributed by atoms with E-state index >= 15 is 0 Å². The Kier molecular flexibility index (Phi) is 4.93. The van der Waals surface area contributed by atoms with E-state index < -0.39 is 0 Å². The Morgan fingerprint density at radius 2 is 1.94 bits per heavy atom. The van der Waals surface area contributed by atoms with Crippen LogP contribution in [0.4, 0.5) is 5.95 Å². The van der Waals surface area contributed by atoms with Crippen LogP contribution in [0.3, 0.4) is 0 Å². The van der Waals surface area contributed by atoms with Crippen molar-refractivity contribution >= 4 is 5.95 Å². The van der Waals surface area contributed by atoms with E-state index in [1.165, 1.54) is 25.7 Å². The fourth-order valence-corrected chi connectivity index (χ4v) is 2.21. The summed E-state index contributed by atoms with van der Waals surface area (Å²) >= 11 is 0. The van der Waals surface area contributed by atoms with Gasteiger partial charge in [-0.3, -0.25) is 0 Å². The number of nitrogens with one attached hydrogen (secondary N) is 1. The van der Waals surface area contributed by atoms with Crippen molar-refractivity contribution in [3.63, 3.8) is 0 Å². The zero-order valence-corrected chi connectivity index (χ0v) is 11.5. The maximum atomic E-state index is 4.66. The second-order valence-corrected chi connectivity index (χ2v) is 5.28. The van der Waals surface area contributed by atoms with Gasteiger partial charge in [-0.2, -0.15) is 0 Å². The smallest absolute Gasteiger partial charge is 0.225 e. The molecule has 100 valence electrons. The zero-order valence-electron chi connectivity index (χ0n) is 11.5. The highest BCUT2D eigenvalue weighted by Gasteiger charge is 2.12. The van der Waals surface area contributed by atoms with Crippen LogP contribution < -0.4 is 10.2 Å². The summed E-state index contributed by atoms with van der Waals surface area (Å²) in [5.74, 6) is 0.903. The molecule has 0 unspecified atom stereocenters. The molecule has 1 aromatic rings. The van der Waals surface area contributed by atoms with E-state index in [4.69, 9.17) is 0 Å². The van der Waals surface area contributed by atoms with Crippen molar-refractivity contribution in [2.24, 2.45) is 0 Å². The van der Waals surface area contributed by atoms with E-state index in [0.29, 0.717) is 6.04 Å². The van der Waals surface area contributed by atoms with Gasteiger partial charge in [0.2, 0.25) is 5.95 Å². The SMILES string of the molecule is CC(C)NCc1ccnc(N2CCCCCC2)n1. The largest absolute Gasteiger partial charge is 0.341 e. The quantitative estimate of drug-likeness (QED) is 0.888. The number of anilines is 1. The lowest BCUT2D eigenvalue weighted by Crippen LogP contribution is -2.27. The minimum atomic E-state index is 0.488. The third kappa shape index (κ3) is 3.95. The van der Waals surface area contributed by atoms with E-state index in [2.05, 4.69) is 34.0 Å². The first-order chi connectivity index (χ1) is 8.75. The molecule has 0 radical (unpaired) electrons. The third-order valence-electron chi connectivity index (χ3n) is 3.28. The van der Waals surface area contributed by atoms with Gasteiger partial charge in [-0.25, -0.2) is 9.97 Å². The monoisotopic (exact) mass is 248 g/mol. The predicted octanol–water partition coefficient (Wildman–Crippen LogP) is 2.36. The minimum Gasteiger partial charge on any atom is -0.341 e. The summed E-state index contributed by atoms with van der Waals surface area (Å²) in [5, 5.41) is 3.40. The maximum absolute atomic E-state index is 4.66. The zero-order chi connectivity index (χ0) is 12.8. The van der Waals surface area contributed by atoms with Gasteiger partial charge in [-0.1, -0.05) is 26.7 Å². The molecule has 0 aliphatic carbocycles. The van der Waals surface area contributed by atoms with Crippen molar-refractivity contribution in [1.82, 2.24) is 15.3 Å². The van der Waals surface area contributed by atoms with Gasteiger partial charge in [0, 0.05) is 31.9 Å². The molecule has 1 aliphatic heterocycles. The first kappa shape index (κ1) is 13.3. The van der Waals surface area contributed by atoms with Gasteiger partial charge in [0.1, 0.15) is 0 Å². The Morgan fingerprint density at radius 3 is 2.61 bits per heavy atom. The average molecular weight is 248 g/mol. The molecule has 1 saturated heterocycles. The van der Waals surface area contributed by atoms with Gasteiger partial charge in [0.25, 0.3) is 0 Å². The van der Waals surface area contributed by atoms with Crippen molar-refractivity contribution in [2.45, 2.75) is 52.1 Å². The van der Waals surface area contributed by atoms with Gasteiger partial charge in [-0.15, -0.1) is 0 Å². The van der Waals surface area contributed by atoms with Gasteiger partial charge < -0.3 is 10.2 Å². The molecule has 4 heteroatoms. The molecule has 4 nitrogen and oxygen atoms in total. The van der Waals surface area contributed by atoms with E-state index in [0.717, 1.165) is 31.3 Å². The Bertz CT molecular complexity index is 357.